The molecule has 0 spiro atoms. The van der Waals surface area contributed by atoms with E-state index in [1.165, 1.54) is 17.2 Å². The van der Waals surface area contributed by atoms with Gasteiger partial charge in [0, 0.05) is 41.6 Å². The van der Waals surface area contributed by atoms with E-state index in [2.05, 4.69) is 51.5 Å². The van der Waals surface area contributed by atoms with Crippen LogP contribution in [-0.2, 0) is 13.0 Å². The highest BCUT2D eigenvalue weighted by Gasteiger charge is 2.22. The minimum atomic E-state index is -0.591. The molecule has 0 bridgehead atoms. The fraction of sp³-hybridized carbons (Fsp3) is 0.280. The van der Waals surface area contributed by atoms with Gasteiger partial charge in [0.25, 0.3) is 0 Å². The number of hydrogen-bond acceptors (Lipinski definition) is 5. The minimum absolute atomic E-state index is 0.0714. The predicted octanol–water partition coefficient (Wildman–Crippen LogP) is 5.05. The Morgan fingerprint density at radius 1 is 1.09 bits per heavy atom. The summed E-state index contributed by atoms with van der Waals surface area (Å²) in [6.45, 7) is 6.57. The number of hydrogen-bond donors (Lipinski definition) is 2. The molecule has 164 valence electrons. The number of fused-ring (bicyclic) bond motifs is 2. The van der Waals surface area contributed by atoms with Gasteiger partial charge in [0.05, 0.1) is 6.20 Å². The number of nitrogens with one attached hydrogen (secondary N) is 2. The van der Waals surface area contributed by atoms with Crippen LogP contribution in [0.15, 0.2) is 42.6 Å². The lowest BCUT2D eigenvalue weighted by molar-refractivity contribution is 0.614. The maximum Gasteiger partial charge on any atom is 0.227 e. The standard InChI is InChI=1S/C25H25F2N5/c1-15(2)32-9-3-4-20-21(26)11-17(12-23(20)32)24-22(27)14-29-25(31-24)30-19-6-5-16-7-8-28-13-18(16)10-19/h3-6,10-12,14-15,28H,7-9,13H2,1-2H3,(H,29,30,31). The van der Waals surface area contributed by atoms with Crippen LogP contribution in [0.4, 0.5) is 26.1 Å². The van der Waals surface area contributed by atoms with Crippen molar-refractivity contribution in [1.29, 1.82) is 0 Å². The Morgan fingerprint density at radius 2 is 1.97 bits per heavy atom. The zero-order valence-corrected chi connectivity index (χ0v) is 18.1. The first-order valence-electron chi connectivity index (χ1n) is 10.9. The van der Waals surface area contributed by atoms with E-state index < -0.39 is 11.6 Å². The molecule has 32 heavy (non-hydrogen) atoms. The molecule has 5 nitrogen and oxygen atoms in total. The van der Waals surface area contributed by atoms with Crippen LogP contribution >= 0.6 is 0 Å². The molecular weight excluding hydrogens is 408 g/mol. The molecule has 0 aliphatic carbocycles. The maximum atomic E-state index is 14.9. The third-order valence-electron chi connectivity index (χ3n) is 5.99. The Morgan fingerprint density at radius 3 is 2.81 bits per heavy atom. The maximum absolute atomic E-state index is 14.9. The third-order valence-corrected chi connectivity index (χ3v) is 5.99. The van der Waals surface area contributed by atoms with Crippen LogP contribution in [0.25, 0.3) is 17.3 Å². The molecular formula is C25H25F2N5. The molecule has 2 aliphatic heterocycles. The van der Waals surface area contributed by atoms with Gasteiger partial charge in [-0.15, -0.1) is 0 Å². The molecule has 2 N–H and O–H groups in total. The highest BCUT2D eigenvalue weighted by molar-refractivity contribution is 5.78. The van der Waals surface area contributed by atoms with Gasteiger partial charge in [-0.2, -0.15) is 0 Å². The summed E-state index contributed by atoms with van der Waals surface area (Å²) in [5, 5.41) is 6.52. The zero-order valence-electron chi connectivity index (χ0n) is 18.1. The first-order valence-corrected chi connectivity index (χ1v) is 10.9. The Hall–Kier alpha value is -3.32. The van der Waals surface area contributed by atoms with Crippen LogP contribution in [0.5, 0.6) is 0 Å². The average molecular weight is 434 g/mol. The Labute approximate surface area is 186 Å². The highest BCUT2D eigenvalue weighted by Crippen LogP contribution is 2.35. The van der Waals surface area contributed by atoms with Crippen LogP contribution in [0.2, 0.25) is 0 Å². The summed E-state index contributed by atoms with van der Waals surface area (Å²) < 4.78 is 29.7. The molecule has 2 aliphatic rings. The molecule has 0 amide bonds. The molecule has 3 aromatic rings. The van der Waals surface area contributed by atoms with E-state index in [1.807, 2.05) is 18.2 Å². The second kappa shape index (κ2) is 8.31. The Balaban J connectivity index is 1.50. The van der Waals surface area contributed by atoms with Gasteiger partial charge in [0.1, 0.15) is 11.5 Å². The Kier molecular flexibility index (Phi) is 5.35. The van der Waals surface area contributed by atoms with E-state index in [4.69, 9.17) is 0 Å². The lowest BCUT2D eigenvalue weighted by atomic mass is 10.0. The molecule has 0 fully saturated rings. The summed E-state index contributed by atoms with van der Waals surface area (Å²) in [4.78, 5) is 10.6. The number of nitrogens with zero attached hydrogens (tertiary/aromatic N) is 3. The van der Waals surface area contributed by atoms with E-state index in [0.29, 0.717) is 17.7 Å². The quantitative estimate of drug-likeness (QED) is 0.603. The van der Waals surface area contributed by atoms with Crippen LogP contribution < -0.4 is 15.5 Å². The lowest BCUT2D eigenvalue weighted by Crippen LogP contribution is -2.33. The second-order valence-corrected chi connectivity index (χ2v) is 8.46. The van der Waals surface area contributed by atoms with E-state index in [1.54, 1.807) is 6.08 Å². The molecule has 3 heterocycles. The molecule has 0 unspecified atom stereocenters. The van der Waals surface area contributed by atoms with Gasteiger partial charge in [0.15, 0.2) is 5.82 Å². The summed E-state index contributed by atoms with van der Waals surface area (Å²) in [5.41, 5.74) is 5.10. The van der Waals surface area contributed by atoms with Crippen molar-refractivity contribution in [3.05, 3.63) is 70.9 Å². The fourth-order valence-corrected chi connectivity index (χ4v) is 4.33. The summed E-state index contributed by atoms with van der Waals surface area (Å²) >= 11 is 0. The first kappa shape index (κ1) is 20.6. The third kappa shape index (κ3) is 3.84. The normalized spacial score (nSPS) is 15.0. The molecule has 7 heteroatoms. The molecule has 1 aromatic heterocycles. The van der Waals surface area contributed by atoms with Crippen LogP contribution in [0.3, 0.4) is 0 Å². The number of aromatic nitrogens is 2. The van der Waals surface area contributed by atoms with E-state index in [-0.39, 0.29) is 17.7 Å². The molecule has 0 saturated heterocycles. The van der Waals surface area contributed by atoms with E-state index in [9.17, 15) is 8.78 Å². The van der Waals surface area contributed by atoms with Crippen molar-refractivity contribution in [2.24, 2.45) is 0 Å². The first-order chi connectivity index (χ1) is 15.5. The average Bonchev–Trinajstić information content (AvgIpc) is 2.79. The van der Waals surface area contributed by atoms with Crippen molar-refractivity contribution in [2.75, 3.05) is 23.3 Å². The van der Waals surface area contributed by atoms with Crippen LogP contribution in [0, 0.1) is 11.6 Å². The van der Waals surface area contributed by atoms with E-state index in [0.717, 1.165) is 37.1 Å². The van der Waals surface area contributed by atoms with Gasteiger partial charge < -0.3 is 15.5 Å². The molecule has 5 rings (SSSR count). The topological polar surface area (TPSA) is 53.1 Å². The van der Waals surface area contributed by atoms with Crippen molar-refractivity contribution >= 4 is 23.4 Å². The highest BCUT2D eigenvalue weighted by atomic mass is 19.1. The predicted molar refractivity (Wildman–Crippen MR) is 124 cm³/mol. The number of benzene rings is 2. The molecule has 0 atom stereocenters. The van der Waals surface area contributed by atoms with Gasteiger partial charge in [-0.05, 0) is 62.2 Å². The number of anilines is 3. The summed E-state index contributed by atoms with van der Waals surface area (Å²) in [7, 11) is 0. The smallest absolute Gasteiger partial charge is 0.227 e. The van der Waals surface area contributed by atoms with Crippen molar-refractivity contribution in [1.82, 2.24) is 15.3 Å². The summed E-state index contributed by atoms with van der Waals surface area (Å²) in [6, 6.07) is 9.45. The van der Waals surface area contributed by atoms with Gasteiger partial charge in [-0.3, -0.25) is 0 Å². The minimum Gasteiger partial charge on any atom is -0.365 e. The lowest BCUT2D eigenvalue weighted by Gasteiger charge is -2.32. The van der Waals surface area contributed by atoms with Gasteiger partial charge >= 0.3 is 0 Å². The Bertz CT molecular complexity index is 1210. The van der Waals surface area contributed by atoms with E-state index >= 15 is 0 Å². The largest absolute Gasteiger partial charge is 0.365 e. The summed E-state index contributed by atoms with van der Waals surface area (Å²) in [6.07, 6.45) is 5.84. The second-order valence-electron chi connectivity index (χ2n) is 8.46. The van der Waals surface area contributed by atoms with Crippen LogP contribution in [-0.4, -0.2) is 29.1 Å². The zero-order chi connectivity index (χ0) is 22.2. The number of halogens is 2. The van der Waals surface area contributed by atoms with Crippen molar-refractivity contribution < 1.29 is 8.78 Å². The fourth-order valence-electron chi connectivity index (χ4n) is 4.33. The van der Waals surface area contributed by atoms with Crippen molar-refractivity contribution in [3.8, 4) is 11.3 Å². The molecule has 0 saturated carbocycles. The monoisotopic (exact) mass is 433 g/mol. The van der Waals surface area contributed by atoms with Crippen LogP contribution in [0.1, 0.15) is 30.5 Å². The van der Waals surface area contributed by atoms with Gasteiger partial charge in [-0.25, -0.2) is 18.7 Å². The molecule has 0 radical (unpaired) electrons. The van der Waals surface area contributed by atoms with Crippen molar-refractivity contribution in [3.63, 3.8) is 0 Å². The number of rotatable bonds is 4. The SMILES string of the molecule is CC(C)N1CC=Cc2c(F)cc(-c3nc(Nc4ccc5c(c4)CNCC5)ncc3F)cc21. The molecule has 2 aromatic carbocycles. The van der Waals surface area contributed by atoms with Gasteiger partial charge in [0.2, 0.25) is 5.95 Å². The summed E-state index contributed by atoms with van der Waals surface area (Å²) in [5.74, 6) is -0.718. The van der Waals surface area contributed by atoms with Crippen molar-refractivity contribution in [2.45, 2.75) is 32.9 Å². The van der Waals surface area contributed by atoms with Gasteiger partial charge in [-0.1, -0.05) is 18.2 Å².